The molecule has 1 fully saturated rings. The Bertz CT molecular complexity index is 272. The molecule has 1 aliphatic heterocycles. The number of nitriles is 1. The van der Waals surface area contributed by atoms with Gasteiger partial charge in [0, 0.05) is 18.6 Å². The molecule has 1 unspecified atom stereocenters. The van der Waals surface area contributed by atoms with Gasteiger partial charge in [-0.3, -0.25) is 4.90 Å². The molecule has 1 atom stereocenters. The van der Waals surface area contributed by atoms with E-state index in [1.54, 1.807) is 0 Å². The van der Waals surface area contributed by atoms with Gasteiger partial charge in [-0.05, 0) is 66.5 Å². The van der Waals surface area contributed by atoms with Gasteiger partial charge in [-0.2, -0.15) is 5.26 Å². The molecular weight excluding hydrogens is 222 g/mol. The van der Waals surface area contributed by atoms with Gasteiger partial charge in [-0.15, -0.1) is 0 Å². The van der Waals surface area contributed by atoms with Crippen LogP contribution in [0.1, 0.15) is 53.4 Å². The lowest BCUT2D eigenvalue weighted by Gasteiger charge is -2.30. The Morgan fingerprint density at radius 2 is 2.17 bits per heavy atom. The zero-order chi connectivity index (χ0) is 13.6. The highest BCUT2D eigenvalue weighted by atomic mass is 15.2. The topological polar surface area (TPSA) is 39.1 Å². The van der Waals surface area contributed by atoms with E-state index < -0.39 is 0 Å². The van der Waals surface area contributed by atoms with E-state index in [1.807, 2.05) is 13.8 Å². The highest BCUT2D eigenvalue weighted by molar-refractivity contribution is 4.91. The number of rotatable bonds is 7. The number of nitrogens with zero attached hydrogens (tertiary/aromatic N) is 2. The molecule has 1 N–H and O–H groups in total. The molecule has 0 radical (unpaired) electrons. The minimum absolute atomic E-state index is 0.172. The SMILES string of the molecule is CC(C)N(CCCC(C)(C)C#N)CC1CCCN1. The average molecular weight is 251 g/mol. The van der Waals surface area contributed by atoms with Gasteiger partial charge >= 0.3 is 0 Å². The van der Waals surface area contributed by atoms with Crippen molar-refractivity contribution >= 4 is 0 Å². The lowest BCUT2D eigenvalue weighted by molar-refractivity contribution is 0.192. The molecule has 104 valence electrons. The van der Waals surface area contributed by atoms with E-state index in [0.29, 0.717) is 12.1 Å². The van der Waals surface area contributed by atoms with Crippen LogP contribution < -0.4 is 5.32 Å². The van der Waals surface area contributed by atoms with Crippen LogP contribution in [0, 0.1) is 16.7 Å². The molecule has 0 aromatic carbocycles. The molecule has 0 saturated carbocycles. The molecule has 3 heteroatoms. The molecule has 0 aromatic heterocycles. The zero-order valence-corrected chi connectivity index (χ0v) is 12.5. The fourth-order valence-corrected chi connectivity index (χ4v) is 2.54. The normalized spacial score (nSPS) is 20.6. The van der Waals surface area contributed by atoms with Gasteiger partial charge in [0.2, 0.25) is 0 Å². The van der Waals surface area contributed by atoms with Gasteiger partial charge in [0.25, 0.3) is 0 Å². The first-order valence-electron chi connectivity index (χ1n) is 7.33. The van der Waals surface area contributed by atoms with E-state index >= 15 is 0 Å². The quantitative estimate of drug-likeness (QED) is 0.756. The van der Waals surface area contributed by atoms with Crippen LogP contribution in [-0.4, -0.2) is 36.6 Å². The van der Waals surface area contributed by atoms with Gasteiger partial charge in [0.05, 0.1) is 11.5 Å². The fraction of sp³-hybridized carbons (Fsp3) is 0.933. The van der Waals surface area contributed by atoms with Crippen LogP contribution in [0.5, 0.6) is 0 Å². The third-order valence-electron chi connectivity index (χ3n) is 3.90. The van der Waals surface area contributed by atoms with E-state index in [2.05, 4.69) is 30.1 Å². The van der Waals surface area contributed by atoms with Crippen molar-refractivity contribution in [3.05, 3.63) is 0 Å². The van der Waals surface area contributed by atoms with Crippen molar-refractivity contribution in [3.63, 3.8) is 0 Å². The standard InChI is InChI=1S/C15H29N3/c1-13(2)18(11-14-7-5-9-17-14)10-6-8-15(3,4)12-16/h13-14,17H,5-11H2,1-4H3. The smallest absolute Gasteiger partial charge is 0.0683 e. The van der Waals surface area contributed by atoms with E-state index in [4.69, 9.17) is 5.26 Å². The van der Waals surface area contributed by atoms with Gasteiger partial charge in [0.15, 0.2) is 0 Å². The molecular formula is C15H29N3. The third-order valence-corrected chi connectivity index (χ3v) is 3.90. The molecule has 1 heterocycles. The zero-order valence-electron chi connectivity index (χ0n) is 12.5. The molecule has 0 amide bonds. The molecule has 1 saturated heterocycles. The first kappa shape index (κ1) is 15.5. The fourth-order valence-electron chi connectivity index (χ4n) is 2.54. The van der Waals surface area contributed by atoms with E-state index in [9.17, 15) is 0 Å². The minimum Gasteiger partial charge on any atom is -0.313 e. The summed E-state index contributed by atoms with van der Waals surface area (Å²) in [6.45, 7) is 12.1. The van der Waals surface area contributed by atoms with Crippen molar-refractivity contribution in [1.29, 1.82) is 5.26 Å². The number of hydrogen-bond donors (Lipinski definition) is 1. The van der Waals surface area contributed by atoms with Crippen molar-refractivity contribution in [2.75, 3.05) is 19.6 Å². The maximum Gasteiger partial charge on any atom is 0.0683 e. The van der Waals surface area contributed by atoms with Crippen LogP contribution >= 0.6 is 0 Å². The van der Waals surface area contributed by atoms with Crippen LogP contribution in [0.25, 0.3) is 0 Å². The lowest BCUT2D eigenvalue weighted by atomic mass is 9.89. The summed E-state index contributed by atoms with van der Waals surface area (Å²) in [5.74, 6) is 0. The van der Waals surface area contributed by atoms with Crippen LogP contribution in [0.2, 0.25) is 0 Å². The maximum atomic E-state index is 9.02. The van der Waals surface area contributed by atoms with Crippen molar-refractivity contribution in [2.45, 2.75) is 65.5 Å². The summed E-state index contributed by atoms with van der Waals surface area (Å²) >= 11 is 0. The van der Waals surface area contributed by atoms with Crippen molar-refractivity contribution in [3.8, 4) is 6.07 Å². The van der Waals surface area contributed by atoms with Crippen LogP contribution in [0.4, 0.5) is 0 Å². The maximum absolute atomic E-state index is 9.02. The third kappa shape index (κ3) is 5.37. The van der Waals surface area contributed by atoms with Gasteiger partial charge in [-0.25, -0.2) is 0 Å². The molecule has 1 aliphatic rings. The van der Waals surface area contributed by atoms with Crippen LogP contribution in [0.3, 0.4) is 0 Å². The summed E-state index contributed by atoms with van der Waals surface area (Å²) in [6.07, 6.45) is 4.74. The molecule has 1 rings (SSSR count). The Labute approximate surface area is 113 Å². The molecule has 0 aromatic rings. The van der Waals surface area contributed by atoms with E-state index in [0.717, 1.165) is 25.9 Å². The Hall–Kier alpha value is -0.590. The summed E-state index contributed by atoms with van der Waals surface area (Å²) in [7, 11) is 0. The predicted molar refractivity (Wildman–Crippen MR) is 76.4 cm³/mol. The summed E-state index contributed by atoms with van der Waals surface area (Å²) in [4.78, 5) is 2.55. The minimum atomic E-state index is -0.172. The highest BCUT2D eigenvalue weighted by Crippen LogP contribution is 2.21. The van der Waals surface area contributed by atoms with Crippen LogP contribution in [-0.2, 0) is 0 Å². The predicted octanol–water partition coefficient (Wildman–Crippen LogP) is 2.78. The van der Waals surface area contributed by atoms with Crippen molar-refractivity contribution < 1.29 is 0 Å². The van der Waals surface area contributed by atoms with Crippen molar-refractivity contribution in [1.82, 2.24) is 10.2 Å². The first-order valence-corrected chi connectivity index (χ1v) is 7.33. The van der Waals surface area contributed by atoms with Gasteiger partial charge in [-0.1, -0.05) is 0 Å². The van der Waals surface area contributed by atoms with Gasteiger partial charge < -0.3 is 5.32 Å². The first-order chi connectivity index (χ1) is 8.44. The lowest BCUT2D eigenvalue weighted by Crippen LogP contribution is -2.41. The monoisotopic (exact) mass is 251 g/mol. The molecule has 18 heavy (non-hydrogen) atoms. The second kappa shape index (κ2) is 7.11. The Kier molecular flexibility index (Phi) is 6.11. The Morgan fingerprint density at radius 3 is 2.67 bits per heavy atom. The Morgan fingerprint density at radius 1 is 1.44 bits per heavy atom. The van der Waals surface area contributed by atoms with Crippen LogP contribution in [0.15, 0.2) is 0 Å². The van der Waals surface area contributed by atoms with E-state index in [-0.39, 0.29) is 5.41 Å². The summed E-state index contributed by atoms with van der Waals surface area (Å²) in [5, 5.41) is 12.6. The number of hydrogen-bond acceptors (Lipinski definition) is 3. The highest BCUT2D eigenvalue weighted by Gasteiger charge is 2.21. The van der Waals surface area contributed by atoms with Gasteiger partial charge in [0.1, 0.15) is 0 Å². The van der Waals surface area contributed by atoms with Crippen molar-refractivity contribution in [2.24, 2.45) is 5.41 Å². The van der Waals surface area contributed by atoms with E-state index in [1.165, 1.54) is 19.4 Å². The average Bonchev–Trinajstić information content (AvgIpc) is 2.80. The second-order valence-corrected chi connectivity index (χ2v) is 6.48. The molecule has 0 aliphatic carbocycles. The molecule has 0 bridgehead atoms. The largest absolute Gasteiger partial charge is 0.313 e. The number of nitrogens with one attached hydrogen (secondary N) is 1. The summed E-state index contributed by atoms with van der Waals surface area (Å²) < 4.78 is 0. The summed E-state index contributed by atoms with van der Waals surface area (Å²) in [6, 6.07) is 3.66. The Balaban J connectivity index is 2.32. The second-order valence-electron chi connectivity index (χ2n) is 6.48. The molecule has 0 spiro atoms. The molecule has 3 nitrogen and oxygen atoms in total. The summed E-state index contributed by atoms with van der Waals surface area (Å²) in [5.41, 5.74) is -0.172.